The Balaban J connectivity index is 2.77. The Kier molecular flexibility index (Phi) is 4.38. The highest BCUT2D eigenvalue weighted by atomic mass is 79.9. The molecule has 0 bridgehead atoms. The van der Waals surface area contributed by atoms with Gasteiger partial charge in [0.15, 0.2) is 0 Å². The second kappa shape index (κ2) is 5.34. The molecule has 0 saturated carbocycles. The fourth-order valence-corrected chi connectivity index (χ4v) is 1.67. The molecule has 0 aliphatic rings. The van der Waals surface area contributed by atoms with E-state index in [4.69, 9.17) is 10.8 Å². The van der Waals surface area contributed by atoms with E-state index in [1.54, 1.807) is 18.2 Å². The zero-order chi connectivity index (χ0) is 10.6. The van der Waals surface area contributed by atoms with Crippen molar-refractivity contribution < 1.29 is 10.2 Å². The van der Waals surface area contributed by atoms with Crippen LogP contribution >= 0.6 is 15.9 Å². The van der Waals surface area contributed by atoms with Gasteiger partial charge in [-0.1, -0.05) is 15.9 Å². The van der Waals surface area contributed by atoms with Crippen molar-refractivity contribution in [2.45, 2.75) is 18.9 Å². The number of nitrogens with two attached hydrogens (primary N) is 1. The van der Waals surface area contributed by atoms with Gasteiger partial charge in [0, 0.05) is 22.7 Å². The highest BCUT2D eigenvalue weighted by Gasteiger charge is 2.10. The maximum Gasteiger partial charge on any atom is 0.120 e. The van der Waals surface area contributed by atoms with Gasteiger partial charge >= 0.3 is 0 Å². The normalized spacial score (nSPS) is 12.8. The zero-order valence-corrected chi connectivity index (χ0v) is 9.37. The van der Waals surface area contributed by atoms with Crippen LogP contribution in [0.1, 0.15) is 24.4 Å². The number of aliphatic hydroxyl groups is 1. The summed E-state index contributed by atoms with van der Waals surface area (Å²) in [4.78, 5) is 0. The van der Waals surface area contributed by atoms with Gasteiger partial charge in [-0.2, -0.15) is 0 Å². The maximum atomic E-state index is 9.54. The van der Waals surface area contributed by atoms with Gasteiger partial charge in [-0.3, -0.25) is 0 Å². The Morgan fingerprint density at radius 2 is 2.14 bits per heavy atom. The predicted molar refractivity (Wildman–Crippen MR) is 59.1 cm³/mol. The molecule has 1 aromatic rings. The van der Waals surface area contributed by atoms with E-state index in [1.165, 1.54) is 0 Å². The Hall–Kier alpha value is -0.580. The first-order valence-corrected chi connectivity index (χ1v) is 5.29. The molecule has 1 atom stereocenters. The van der Waals surface area contributed by atoms with Crippen LogP contribution in [0.5, 0.6) is 5.75 Å². The molecule has 4 heteroatoms. The largest absolute Gasteiger partial charge is 0.508 e. The smallest absolute Gasteiger partial charge is 0.120 e. The lowest BCUT2D eigenvalue weighted by Crippen LogP contribution is -2.11. The second-order valence-corrected chi connectivity index (χ2v) is 4.09. The Morgan fingerprint density at radius 1 is 1.43 bits per heavy atom. The van der Waals surface area contributed by atoms with E-state index in [9.17, 15) is 5.11 Å². The number of phenolic OH excluding ortho intramolecular Hbond substituents is 1. The minimum absolute atomic E-state index is 0.127. The van der Waals surface area contributed by atoms with E-state index >= 15 is 0 Å². The highest BCUT2D eigenvalue weighted by molar-refractivity contribution is 9.10. The van der Waals surface area contributed by atoms with Crippen LogP contribution in [0, 0.1) is 0 Å². The lowest BCUT2D eigenvalue weighted by atomic mass is 10.0. The zero-order valence-electron chi connectivity index (χ0n) is 7.78. The summed E-state index contributed by atoms with van der Waals surface area (Å²) in [5, 5.41) is 18.2. The Labute approximate surface area is 91.7 Å². The summed E-state index contributed by atoms with van der Waals surface area (Å²) < 4.78 is 0.893. The summed E-state index contributed by atoms with van der Waals surface area (Å²) in [6.45, 7) is 0.127. The third-order valence-corrected chi connectivity index (χ3v) is 2.56. The van der Waals surface area contributed by atoms with E-state index in [1.807, 2.05) is 0 Å². The molecular weight excluding hydrogens is 246 g/mol. The number of hydrogen-bond donors (Lipinski definition) is 3. The number of rotatable bonds is 4. The molecule has 0 aliphatic heterocycles. The lowest BCUT2D eigenvalue weighted by molar-refractivity contribution is 0.279. The van der Waals surface area contributed by atoms with Gasteiger partial charge in [0.2, 0.25) is 0 Å². The molecule has 0 radical (unpaired) electrons. The average molecular weight is 260 g/mol. The molecule has 0 unspecified atom stereocenters. The summed E-state index contributed by atoms with van der Waals surface area (Å²) >= 11 is 3.32. The van der Waals surface area contributed by atoms with Gasteiger partial charge in [-0.15, -0.1) is 0 Å². The first-order chi connectivity index (χ1) is 6.65. The molecule has 14 heavy (non-hydrogen) atoms. The van der Waals surface area contributed by atoms with E-state index in [2.05, 4.69) is 15.9 Å². The highest BCUT2D eigenvalue weighted by Crippen LogP contribution is 2.28. The summed E-state index contributed by atoms with van der Waals surface area (Å²) in [5.74, 6) is 0.207. The lowest BCUT2D eigenvalue weighted by Gasteiger charge is -2.13. The van der Waals surface area contributed by atoms with Gasteiger partial charge in [-0.05, 0) is 31.0 Å². The van der Waals surface area contributed by atoms with Crippen molar-refractivity contribution in [3.63, 3.8) is 0 Å². The second-order valence-electron chi connectivity index (χ2n) is 3.18. The molecule has 0 spiro atoms. The maximum absolute atomic E-state index is 9.54. The van der Waals surface area contributed by atoms with Crippen LogP contribution in [0.25, 0.3) is 0 Å². The Bertz CT molecular complexity index is 304. The summed E-state index contributed by atoms with van der Waals surface area (Å²) in [6.07, 6.45) is 1.31. The standard InChI is InChI=1S/C10H14BrNO2/c11-7-3-4-10(14)8(6-7)9(12)2-1-5-13/h3-4,6,9,13-14H,1-2,5,12H2/t9-/m1/s1. The molecular formula is C10H14BrNO2. The molecule has 0 fully saturated rings. The predicted octanol–water partition coefficient (Wildman–Crippen LogP) is 1.93. The first-order valence-electron chi connectivity index (χ1n) is 4.50. The average Bonchev–Trinajstić information content (AvgIpc) is 2.18. The van der Waals surface area contributed by atoms with Crippen LogP contribution in [0.4, 0.5) is 0 Å². The number of phenols is 1. The molecule has 0 amide bonds. The number of aromatic hydroxyl groups is 1. The van der Waals surface area contributed by atoms with E-state index < -0.39 is 0 Å². The van der Waals surface area contributed by atoms with Crippen molar-refractivity contribution >= 4 is 15.9 Å². The van der Waals surface area contributed by atoms with Crippen molar-refractivity contribution in [2.75, 3.05) is 6.61 Å². The van der Waals surface area contributed by atoms with Crippen molar-refractivity contribution in [1.82, 2.24) is 0 Å². The molecule has 1 aromatic carbocycles. The molecule has 4 N–H and O–H groups in total. The van der Waals surface area contributed by atoms with Crippen molar-refractivity contribution in [3.05, 3.63) is 28.2 Å². The topological polar surface area (TPSA) is 66.5 Å². The van der Waals surface area contributed by atoms with Crippen LogP contribution in [-0.4, -0.2) is 16.8 Å². The Morgan fingerprint density at radius 3 is 2.79 bits per heavy atom. The summed E-state index contributed by atoms with van der Waals surface area (Å²) in [7, 11) is 0. The molecule has 0 aromatic heterocycles. The molecule has 1 rings (SSSR count). The van der Waals surface area contributed by atoms with E-state index in [0.717, 1.165) is 4.47 Å². The molecule has 0 aliphatic carbocycles. The third kappa shape index (κ3) is 2.97. The molecule has 78 valence electrons. The van der Waals surface area contributed by atoms with Crippen LogP contribution in [0.15, 0.2) is 22.7 Å². The number of benzene rings is 1. The monoisotopic (exact) mass is 259 g/mol. The third-order valence-electron chi connectivity index (χ3n) is 2.06. The molecule has 3 nitrogen and oxygen atoms in total. The van der Waals surface area contributed by atoms with Crippen molar-refractivity contribution in [1.29, 1.82) is 0 Å². The molecule has 0 heterocycles. The van der Waals surface area contributed by atoms with Gasteiger partial charge in [0.25, 0.3) is 0 Å². The van der Waals surface area contributed by atoms with Gasteiger partial charge in [0.05, 0.1) is 0 Å². The van der Waals surface area contributed by atoms with Crippen molar-refractivity contribution in [2.24, 2.45) is 5.73 Å². The number of hydrogen-bond acceptors (Lipinski definition) is 3. The molecule has 0 saturated heterocycles. The minimum atomic E-state index is -0.223. The minimum Gasteiger partial charge on any atom is -0.508 e. The van der Waals surface area contributed by atoms with Crippen molar-refractivity contribution in [3.8, 4) is 5.75 Å². The van der Waals surface area contributed by atoms with E-state index in [-0.39, 0.29) is 18.4 Å². The van der Waals surface area contributed by atoms with Crippen LogP contribution in [0.2, 0.25) is 0 Å². The number of aliphatic hydroxyl groups excluding tert-OH is 1. The fourth-order valence-electron chi connectivity index (χ4n) is 1.29. The van der Waals surface area contributed by atoms with Crippen LogP contribution in [0.3, 0.4) is 0 Å². The van der Waals surface area contributed by atoms with E-state index in [0.29, 0.717) is 18.4 Å². The summed E-state index contributed by atoms with van der Waals surface area (Å²) in [6, 6.07) is 4.95. The number of halogens is 1. The quantitative estimate of drug-likeness (QED) is 0.774. The SMILES string of the molecule is N[C@H](CCCO)c1cc(Br)ccc1O. The van der Waals surface area contributed by atoms with Crippen LogP contribution < -0.4 is 5.73 Å². The van der Waals surface area contributed by atoms with Gasteiger partial charge in [0.1, 0.15) is 5.75 Å². The van der Waals surface area contributed by atoms with Gasteiger partial charge < -0.3 is 15.9 Å². The first kappa shape index (κ1) is 11.5. The fraction of sp³-hybridized carbons (Fsp3) is 0.400. The van der Waals surface area contributed by atoms with Crippen LogP contribution in [-0.2, 0) is 0 Å². The summed E-state index contributed by atoms with van der Waals surface area (Å²) in [5.41, 5.74) is 6.57. The van der Waals surface area contributed by atoms with Gasteiger partial charge in [-0.25, -0.2) is 0 Å².